The summed E-state index contributed by atoms with van der Waals surface area (Å²) in [7, 11) is 1.30. The third-order valence-electron chi connectivity index (χ3n) is 3.67. The fourth-order valence-electron chi connectivity index (χ4n) is 2.58. The molecule has 0 aliphatic carbocycles. The molecule has 0 saturated heterocycles. The van der Waals surface area contributed by atoms with Crippen LogP contribution in [0.1, 0.15) is 38.1 Å². The van der Waals surface area contributed by atoms with Crippen LogP contribution in [0.2, 0.25) is 0 Å². The van der Waals surface area contributed by atoms with E-state index in [0.717, 1.165) is 0 Å². The van der Waals surface area contributed by atoms with Crippen molar-refractivity contribution >= 4 is 34.5 Å². The van der Waals surface area contributed by atoms with Crippen LogP contribution in [0.4, 0.5) is 0 Å². The van der Waals surface area contributed by atoms with Crippen molar-refractivity contribution in [2.75, 3.05) is 12.9 Å². The second kappa shape index (κ2) is 9.03. The topological polar surface area (TPSA) is 90.3 Å². The van der Waals surface area contributed by atoms with Crippen LogP contribution in [0.15, 0.2) is 28.2 Å². The van der Waals surface area contributed by atoms with Gasteiger partial charge < -0.3 is 10.1 Å². The Bertz CT molecular complexity index is 906. The molecule has 0 aliphatic rings. The number of thioether (sulfide) groups is 1. The summed E-state index contributed by atoms with van der Waals surface area (Å²) in [5.41, 5.74) is 0.554. The number of carbonyl (C=O) groups excluding carboxylic acids is 2. The molecule has 146 valence electrons. The highest BCUT2D eigenvalue weighted by Gasteiger charge is 2.16. The van der Waals surface area contributed by atoms with Crippen molar-refractivity contribution < 1.29 is 14.3 Å². The van der Waals surface area contributed by atoms with E-state index in [4.69, 9.17) is 4.74 Å². The molecule has 0 spiro atoms. The highest BCUT2D eigenvalue weighted by Crippen LogP contribution is 2.20. The van der Waals surface area contributed by atoms with E-state index in [0.29, 0.717) is 28.2 Å². The van der Waals surface area contributed by atoms with Gasteiger partial charge in [-0.1, -0.05) is 25.6 Å². The van der Waals surface area contributed by atoms with Gasteiger partial charge in [0.25, 0.3) is 5.56 Å². The molecule has 8 heteroatoms. The Balaban J connectivity index is 2.48. The monoisotopic (exact) mass is 391 g/mol. The number of nitrogens with one attached hydrogen (secondary N) is 1. The number of rotatable bonds is 7. The molecular formula is C19H25N3O4S. The van der Waals surface area contributed by atoms with Gasteiger partial charge in [-0.2, -0.15) is 0 Å². The van der Waals surface area contributed by atoms with Gasteiger partial charge in [-0.15, -0.1) is 0 Å². The summed E-state index contributed by atoms with van der Waals surface area (Å²) >= 11 is 1.21. The largest absolute Gasteiger partial charge is 0.465 e. The van der Waals surface area contributed by atoms with Crippen LogP contribution >= 0.6 is 11.8 Å². The molecule has 1 aromatic carbocycles. The lowest BCUT2D eigenvalue weighted by Crippen LogP contribution is -2.32. The van der Waals surface area contributed by atoms with Gasteiger partial charge in [0.2, 0.25) is 5.91 Å². The molecule has 1 heterocycles. The molecule has 0 saturated carbocycles. The third-order valence-corrected chi connectivity index (χ3v) is 4.65. The number of aromatic nitrogens is 2. The van der Waals surface area contributed by atoms with E-state index < -0.39 is 5.97 Å². The summed E-state index contributed by atoms with van der Waals surface area (Å²) in [6.45, 7) is 8.29. The molecule has 2 aromatic rings. The van der Waals surface area contributed by atoms with Crippen LogP contribution in [-0.4, -0.2) is 40.3 Å². The molecule has 0 radical (unpaired) electrons. The van der Waals surface area contributed by atoms with Crippen LogP contribution in [0.5, 0.6) is 0 Å². The van der Waals surface area contributed by atoms with Gasteiger partial charge >= 0.3 is 5.97 Å². The fraction of sp³-hybridized carbons (Fsp3) is 0.474. The summed E-state index contributed by atoms with van der Waals surface area (Å²) in [6.07, 6.45) is 0. The number of methoxy groups -OCH3 is 1. The predicted molar refractivity (Wildman–Crippen MR) is 106 cm³/mol. The highest BCUT2D eigenvalue weighted by atomic mass is 32.2. The van der Waals surface area contributed by atoms with Gasteiger partial charge in [-0.05, 0) is 38.0 Å². The minimum Gasteiger partial charge on any atom is -0.465 e. The normalized spacial score (nSPS) is 11.2. The van der Waals surface area contributed by atoms with Gasteiger partial charge in [-0.3, -0.25) is 14.2 Å². The first-order chi connectivity index (χ1) is 12.7. The van der Waals surface area contributed by atoms with Crippen molar-refractivity contribution in [3.63, 3.8) is 0 Å². The second-order valence-electron chi connectivity index (χ2n) is 6.94. The Morgan fingerprint density at radius 1 is 1.26 bits per heavy atom. The zero-order chi connectivity index (χ0) is 20.1. The van der Waals surface area contributed by atoms with E-state index in [2.05, 4.69) is 10.3 Å². The maximum atomic E-state index is 13.0. The van der Waals surface area contributed by atoms with Crippen molar-refractivity contribution in [2.45, 2.75) is 45.4 Å². The quantitative estimate of drug-likeness (QED) is 0.443. The number of esters is 1. The summed E-state index contributed by atoms with van der Waals surface area (Å²) in [6, 6.07) is 4.73. The van der Waals surface area contributed by atoms with Crippen LogP contribution in [0.25, 0.3) is 10.9 Å². The number of hydrogen-bond donors (Lipinski definition) is 1. The number of ether oxygens (including phenoxy) is 1. The predicted octanol–water partition coefficient (Wildman–Crippen LogP) is 2.46. The number of fused-ring (bicyclic) bond motifs is 1. The van der Waals surface area contributed by atoms with E-state index in [1.807, 2.05) is 27.7 Å². The Morgan fingerprint density at radius 2 is 1.96 bits per heavy atom. The van der Waals surface area contributed by atoms with Crippen LogP contribution in [0.3, 0.4) is 0 Å². The van der Waals surface area contributed by atoms with E-state index in [9.17, 15) is 14.4 Å². The molecule has 7 nitrogen and oxygen atoms in total. The number of hydrogen-bond acceptors (Lipinski definition) is 6. The summed E-state index contributed by atoms with van der Waals surface area (Å²) < 4.78 is 6.33. The van der Waals surface area contributed by atoms with Crippen molar-refractivity contribution in [3.8, 4) is 0 Å². The Morgan fingerprint density at radius 3 is 2.56 bits per heavy atom. The smallest absolute Gasteiger partial charge is 0.337 e. The minimum atomic E-state index is -0.490. The maximum Gasteiger partial charge on any atom is 0.337 e. The van der Waals surface area contributed by atoms with E-state index >= 15 is 0 Å². The van der Waals surface area contributed by atoms with Gasteiger partial charge in [-0.25, -0.2) is 9.78 Å². The molecule has 0 unspecified atom stereocenters. The van der Waals surface area contributed by atoms with Crippen molar-refractivity contribution in [1.29, 1.82) is 0 Å². The lowest BCUT2D eigenvalue weighted by atomic mass is 10.1. The average molecular weight is 391 g/mol. The Labute approximate surface area is 162 Å². The molecule has 1 aromatic heterocycles. The van der Waals surface area contributed by atoms with E-state index in [1.165, 1.54) is 18.9 Å². The van der Waals surface area contributed by atoms with Crippen molar-refractivity contribution in [1.82, 2.24) is 14.9 Å². The lowest BCUT2D eigenvalue weighted by Gasteiger charge is -2.15. The molecule has 2 rings (SSSR count). The Hall–Kier alpha value is -2.35. The van der Waals surface area contributed by atoms with Crippen LogP contribution in [-0.2, 0) is 16.1 Å². The fourth-order valence-corrected chi connectivity index (χ4v) is 3.40. The molecule has 0 atom stereocenters. The number of nitrogens with zero attached hydrogens (tertiary/aromatic N) is 2. The van der Waals surface area contributed by atoms with Gasteiger partial charge in [0.15, 0.2) is 5.16 Å². The first-order valence-electron chi connectivity index (χ1n) is 8.78. The second-order valence-corrected chi connectivity index (χ2v) is 7.88. The van der Waals surface area contributed by atoms with Gasteiger partial charge in [0.05, 0.1) is 29.3 Å². The highest BCUT2D eigenvalue weighted by molar-refractivity contribution is 7.99. The van der Waals surface area contributed by atoms with Crippen LogP contribution < -0.4 is 10.9 Å². The van der Waals surface area contributed by atoms with Crippen molar-refractivity contribution in [2.24, 2.45) is 5.92 Å². The third kappa shape index (κ3) is 5.32. The first kappa shape index (κ1) is 21.0. The standard InChI is InChI=1S/C19H25N3O4S/c1-11(2)9-22-17(24)14-7-6-13(18(25)26-5)8-15(14)21-19(22)27-10-16(23)20-12(3)4/h6-8,11-12H,9-10H2,1-5H3,(H,20,23). The molecule has 1 amide bonds. The zero-order valence-electron chi connectivity index (χ0n) is 16.2. The number of benzene rings is 1. The van der Waals surface area contributed by atoms with E-state index in [1.54, 1.807) is 22.8 Å². The summed E-state index contributed by atoms with van der Waals surface area (Å²) in [5.74, 6) is -0.218. The maximum absolute atomic E-state index is 13.0. The number of amides is 1. The number of carbonyl (C=O) groups is 2. The molecule has 27 heavy (non-hydrogen) atoms. The summed E-state index contributed by atoms with van der Waals surface area (Å²) in [4.78, 5) is 41.3. The molecule has 0 fully saturated rings. The van der Waals surface area contributed by atoms with Crippen LogP contribution in [0, 0.1) is 5.92 Å². The van der Waals surface area contributed by atoms with Gasteiger partial charge in [0, 0.05) is 12.6 Å². The van der Waals surface area contributed by atoms with Gasteiger partial charge in [0.1, 0.15) is 0 Å². The van der Waals surface area contributed by atoms with E-state index in [-0.39, 0.29) is 29.2 Å². The minimum absolute atomic E-state index is 0.0446. The SMILES string of the molecule is COC(=O)c1ccc2c(=O)n(CC(C)C)c(SCC(=O)NC(C)C)nc2c1. The lowest BCUT2D eigenvalue weighted by molar-refractivity contribution is -0.119. The average Bonchev–Trinajstić information content (AvgIpc) is 2.60. The molecule has 1 N–H and O–H groups in total. The molecule has 0 aliphatic heterocycles. The van der Waals surface area contributed by atoms with Crippen molar-refractivity contribution in [3.05, 3.63) is 34.1 Å². The zero-order valence-corrected chi connectivity index (χ0v) is 17.1. The molecule has 0 bridgehead atoms. The summed E-state index contributed by atoms with van der Waals surface area (Å²) in [5, 5.41) is 3.71. The Kier molecular flexibility index (Phi) is 7.01. The first-order valence-corrected chi connectivity index (χ1v) is 9.76. The molecular weight excluding hydrogens is 366 g/mol.